The van der Waals surface area contributed by atoms with Crippen molar-refractivity contribution in [2.75, 3.05) is 49.1 Å². The molecule has 0 bridgehead atoms. The topological polar surface area (TPSA) is 119 Å². The molecular formula is C36H43FN10O3S. The van der Waals surface area contributed by atoms with Crippen LogP contribution in [0.25, 0.3) is 16.6 Å². The summed E-state index contributed by atoms with van der Waals surface area (Å²) in [7, 11) is 0. The first-order chi connectivity index (χ1) is 24.6. The maximum absolute atomic E-state index is 14.2. The van der Waals surface area contributed by atoms with E-state index in [2.05, 4.69) is 33.0 Å². The van der Waals surface area contributed by atoms with Gasteiger partial charge in [-0.1, -0.05) is 37.2 Å². The van der Waals surface area contributed by atoms with Crippen LogP contribution in [0.3, 0.4) is 0 Å². The number of amides is 1. The van der Waals surface area contributed by atoms with Crippen LogP contribution in [0.4, 0.5) is 21.0 Å². The van der Waals surface area contributed by atoms with E-state index < -0.39 is 5.60 Å². The molecule has 7 rings (SSSR count). The number of benzene rings is 1. The zero-order valence-corrected chi connectivity index (χ0v) is 30.2. The van der Waals surface area contributed by atoms with Crippen molar-refractivity contribution >= 4 is 35.1 Å². The van der Waals surface area contributed by atoms with Crippen molar-refractivity contribution in [1.29, 1.82) is 0 Å². The maximum Gasteiger partial charge on any atom is 0.410 e. The normalized spacial score (nSPS) is 18.4. The molecule has 0 spiro atoms. The van der Waals surface area contributed by atoms with Crippen molar-refractivity contribution in [2.24, 2.45) is 0 Å². The van der Waals surface area contributed by atoms with Gasteiger partial charge in [0.2, 0.25) is 5.95 Å². The van der Waals surface area contributed by atoms with Crippen LogP contribution in [-0.4, -0.2) is 102 Å². The molecule has 2 unspecified atom stereocenters. The molecule has 13 nitrogen and oxygen atoms in total. The van der Waals surface area contributed by atoms with Gasteiger partial charge in [0, 0.05) is 77.9 Å². The Morgan fingerprint density at radius 2 is 1.84 bits per heavy atom. The molecule has 1 aromatic carbocycles. The molecule has 1 amide bonds. The Labute approximate surface area is 300 Å². The molecule has 4 aromatic heterocycles. The summed E-state index contributed by atoms with van der Waals surface area (Å²) in [5.74, 6) is 1.30. The minimum Gasteiger partial charge on any atom is -0.444 e. The molecule has 0 radical (unpaired) electrons. The van der Waals surface area contributed by atoms with E-state index in [-0.39, 0.29) is 24.1 Å². The number of rotatable bonds is 9. The van der Waals surface area contributed by atoms with Gasteiger partial charge in [0.1, 0.15) is 23.3 Å². The molecule has 2 saturated heterocycles. The van der Waals surface area contributed by atoms with Gasteiger partial charge in [0.05, 0.1) is 32.0 Å². The Balaban J connectivity index is 1.02. The number of halogens is 1. The first-order valence-corrected chi connectivity index (χ1v) is 18.2. The van der Waals surface area contributed by atoms with E-state index >= 15 is 0 Å². The maximum atomic E-state index is 14.2. The summed E-state index contributed by atoms with van der Waals surface area (Å²) < 4.78 is 29.4. The fourth-order valence-electron chi connectivity index (χ4n) is 6.52. The van der Waals surface area contributed by atoms with Crippen molar-refractivity contribution in [3.8, 4) is 11.1 Å². The third kappa shape index (κ3) is 8.09. The number of hydrogen-bond donors (Lipinski definition) is 0. The summed E-state index contributed by atoms with van der Waals surface area (Å²) in [6.07, 6.45) is 12.4. The van der Waals surface area contributed by atoms with Crippen LogP contribution >= 0.6 is 11.8 Å². The fourth-order valence-corrected chi connectivity index (χ4v) is 7.29. The first-order valence-electron chi connectivity index (χ1n) is 17.4. The third-order valence-corrected chi connectivity index (χ3v) is 9.87. The van der Waals surface area contributed by atoms with E-state index in [1.807, 2.05) is 54.6 Å². The van der Waals surface area contributed by atoms with E-state index in [0.29, 0.717) is 37.1 Å². The van der Waals surface area contributed by atoms with Gasteiger partial charge >= 0.3 is 6.09 Å². The largest absolute Gasteiger partial charge is 0.444 e. The first kappa shape index (κ1) is 34.7. The number of anilines is 2. The Morgan fingerprint density at radius 3 is 2.63 bits per heavy atom. The van der Waals surface area contributed by atoms with Crippen LogP contribution in [0.15, 0.2) is 77.4 Å². The van der Waals surface area contributed by atoms with Crippen molar-refractivity contribution in [2.45, 2.75) is 74.6 Å². The summed E-state index contributed by atoms with van der Waals surface area (Å²) in [4.78, 5) is 34.4. The van der Waals surface area contributed by atoms with Crippen LogP contribution in [0, 0.1) is 5.82 Å². The molecule has 2 atom stereocenters. The van der Waals surface area contributed by atoms with Crippen molar-refractivity contribution < 1.29 is 18.7 Å². The number of fused-ring (bicyclic) bond motifs is 1. The molecule has 51 heavy (non-hydrogen) atoms. The Bertz CT molecular complexity index is 1960. The standard InChI is InChI=1S/C36H43FN10O3S/c1-5-8-27-21-43(11-12-46(27)34-38-17-29(18-39-34)51-32-10-7-6-9-30(32)37)33-31-15-25(20-47(31)42-24-40-33)26-16-41-45(19-26)23-28-22-44(13-14-49-28)35(48)50-36(2,3)4/h6-7,9-10,15-20,24,27-28H,5,8,11-14,21-23H2,1-4H3. The fraction of sp³-hybridized carbons (Fsp3) is 0.444. The number of piperazine rings is 1. The summed E-state index contributed by atoms with van der Waals surface area (Å²) >= 11 is 1.32. The second-order valence-electron chi connectivity index (χ2n) is 13.8. The predicted octanol–water partition coefficient (Wildman–Crippen LogP) is 5.80. The Morgan fingerprint density at radius 1 is 1.02 bits per heavy atom. The third-order valence-electron chi connectivity index (χ3n) is 8.87. The molecule has 6 heterocycles. The molecule has 0 saturated carbocycles. The highest BCUT2D eigenvalue weighted by atomic mass is 32.2. The molecule has 2 aliphatic heterocycles. The number of carbonyl (C=O) groups excluding carboxylic acids is 1. The molecule has 0 aliphatic carbocycles. The lowest BCUT2D eigenvalue weighted by Gasteiger charge is -2.42. The van der Waals surface area contributed by atoms with Crippen LogP contribution in [0.5, 0.6) is 0 Å². The zero-order valence-electron chi connectivity index (χ0n) is 29.4. The van der Waals surface area contributed by atoms with E-state index in [4.69, 9.17) is 24.4 Å². The van der Waals surface area contributed by atoms with Crippen LogP contribution in [0.2, 0.25) is 0 Å². The zero-order chi connectivity index (χ0) is 35.5. The summed E-state index contributed by atoms with van der Waals surface area (Å²) in [5, 5.41) is 9.13. The molecule has 2 fully saturated rings. The lowest BCUT2D eigenvalue weighted by atomic mass is 10.1. The van der Waals surface area contributed by atoms with Crippen molar-refractivity contribution in [3.63, 3.8) is 0 Å². The number of morpholine rings is 1. The lowest BCUT2D eigenvalue weighted by Crippen LogP contribution is -2.54. The van der Waals surface area contributed by atoms with Gasteiger partial charge in [-0.3, -0.25) is 4.68 Å². The minimum atomic E-state index is -0.548. The molecule has 5 aromatic rings. The summed E-state index contributed by atoms with van der Waals surface area (Å²) in [5.41, 5.74) is 2.30. The summed E-state index contributed by atoms with van der Waals surface area (Å²) in [6.45, 7) is 11.9. The molecule has 15 heteroatoms. The van der Waals surface area contributed by atoms with E-state index in [0.717, 1.165) is 59.8 Å². The van der Waals surface area contributed by atoms with E-state index in [1.54, 1.807) is 35.8 Å². The second kappa shape index (κ2) is 14.8. The number of nitrogens with zero attached hydrogens (tertiary/aromatic N) is 10. The van der Waals surface area contributed by atoms with Gasteiger partial charge in [-0.2, -0.15) is 10.2 Å². The highest BCUT2D eigenvalue weighted by Crippen LogP contribution is 2.32. The number of ether oxygens (including phenoxy) is 2. The number of carbonyl (C=O) groups is 1. The summed E-state index contributed by atoms with van der Waals surface area (Å²) in [6, 6.07) is 9.01. The van der Waals surface area contributed by atoms with Gasteiger partial charge in [-0.05, 0) is 45.4 Å². The van der Waals surface area contributed by atoms with Crippen molar-refractivity contribution in [3.05, 3.63) is 73.5 Å². The molecule has 2 aliphatic rings. The average molecular weight is 715 g/mol. The quantitative estimate of drug-likeness (QED) is 0.184. The lowest BCUT2D eigenvalue weighted by molar-refractivity contribution is -0.0483. The van der Waals surface area contributed by atoms with Gasteiger partial charge in [-0.25, -0.2) is 28.7 Å². The highest BCUT2D eigenvalue weighted by molar-refractivity contribution is 7.99. The number of hydrogen-bond acceptors (Lipinski definition) is 11. The van der Waals surface area contributed by atoms with Gasteiger partial charge in [-0.15, -0.1) is 0 Å². The molecular weight excluding hydrogens is 672 g/mol. The van der Waals surface area contributed by atoms with Crippen LogP contribution in [0.1, 0.15) is 40.5 Å². The predicted molar refractivity (Wildman–Crippen MR) is 193 cm³/mol. The molecule has 0 N–H and O–H groups in total. The van der Waals surface area contributed by atoms with Gasteiger partial charge in [0.25, 0.3) is 0 Å². The van der Waals surface area contributed by atoms with Crippen LogP contribution < -0.4 is 9.80 Å². The van der Waals surface area contributed by atoms with Gasteiger partial charge < -0.3 is 24.2 Å². The minimum absolute atomic E-state index is 0.185. The van der Waals surface area contributed by atoms with E-state index in [9.17, 15) is 9.18 Å². The molecule has 268 valence electrons. The smallest absolute Gasteiger partial charge is 0.410 e. The van der Waals surface area contributed by atoms with Gasteiger partial charge in [0.15, 0.2) is 5.82 Å². The average Bonchev–Trinajstić information content (AvgIpc) is 3.77. The van der Waals surface area contributed by atoms with E-state index in [1.165, 1.54) is 17.8 Å². The van der Waals surface area contributed by atoms with Crippen LogP contribution in [-0.2, 0) is 16.0 Å². The SMILES string of the molecule is CCCC1CN(c2ncnn3cc(-c4cnn(CC5CN(C(=O)OC(C)(C)C)CCO5)c4)cc23)CCN1c1ncc(Sc2ccccc2F)cn1. The van der Waals surface area contributed by atoms with Crippen molar-refractivity contribution in [1.82, 2.24) is 39.2 Å². The Kier molecular flexibility index (Phi) is 10.1. The number of aromatic nitrogens is 7. The Hall–Kier alpha value is -4.76. The monoisotopic (exact) mass is 714 g/mol. The highest BCUT2D eigenvalue weighted by Gasteiger charge is 2.31. The second-order valence-corrected chi connectivity index (χ2v) is 15.0.